The maximum absolute atomic E-state index is 12.5. The maximum Gasteiger partial charge on any atom is 0.149 e. The molecule has 0 bridgehead atoms. The van der Waals surface area contributed by atoms with Crippen LogP contribution in [0.3, 0.4) is 0 Å². The van der Waals surface area contributed by atoms with Gasteiger partial charge in [0.1, 0.15) is 17.3 Å². The first kappa shape index (κ1) is 13.4. The Morgan fingerprint density at radius 1 is 1.11 bits per heavy atom. The van der Waals surface area contributed by atoms with E-state index < -0.39 is 5.41 Å². The Bertz CT molecular complexity index is 393. The lowest BCUT2D eigenvalue weighted by atomic mass is 9.76. The zero-order valence-corrected chi connectivity index (χ0v) is 11.7. The van der Waals surface area contributed by atoms with Crippen molar-refractivity contribution < 1.29 is 14.4 Å². The molecule has 2 rings (SSSR count). The van der Waals surface area contributed by atoms with Gasteiger partial charge in [0.25, 0.3) is 0 Å². The summed E-state index contributed by atoms with van der Waals surface area (Å²) in [7, 11) is 0. The third-order valence-electron chi connectivity index (χ3n) is 4.77. The van der Waals surface area contributed by atoms with E-state index in [0.717, 1.165) is 12.8 Å². The first-order valence-electron chi connectivity index (χ1n) is 6.75. The molecule has 0 aliphatic heterocycles. The topological polar surface area (TPSA) is 51.2 Å². The third kappa shape index (κ3) is 1.94. The minimum atomic E-state index is -0.891. The average molecular weight is 250 g/mol. The van der Waals surface area contributed by atoms with E-state index in [4.69, 9.17) is 0 Å². The Morgan fingerprint density at radius 3 is 1.94 bits per heavy atom. The number of carbonyl (C=O) groups is 3. The van der Waals surface area contributed by atoms with Crippen LogP contribution >= 0.6 is 0 Å². The van der Waals surface area contributed by atoms with E-state index >= 15 is 0 Å². The van der Waals surface area contributed by atoms with Crippen molar-refractivity contribution in [2.75, 3.05) is 0 Å². The number of hydrogen-bond acceptors (Lipinski definition) is 3. The van der Waals surface area contributed by atoms with Crippen LogP contribution in [0.15, 0.2) is 0 Å². The number of Topliss-reactive ketones (excluding diaryl/α,β-unsaturated/α-hetero) is 3. The predicted molar refractivity (Wildman–Crippen MR) is 68.0 cm³/mol. The molecule has 18 heavy (non-hydrogen) atoms. The van der Waals surface area contributed by atoms with E-state index in [0.29, 0.717) is 12.8 Å². The Morgan fingerprint density at radius 2 is 1.56 bits per heavy atom. The Hall–Kier alpha value is -0.990. The predicted octanol–water partition coefficient (Wildman–Crippen LogP) is 2.57. The molecule has 0 amide bonds. The molecule has 0 spiro atoms. The standard InChI is InChI=1S/C15H22O3/c1-9(16)5-6-15(4)12(17)10-7-14(2,3)8-11(10)13(15)18/h10-11H,5-8H2,1-4H3/t10-,11+,15?. The van der Waals surface area contributed by atoms with E-state index in [2.05, 4.69) is 13.8 Å². The Kier molecular flexibility index (Phi) is 2.99. The van der Waals surface area contributed by atoms with Gasteiger partial charge in [-0.2, -0.15) is 0 Å². The van der Waals surface area contributed by atoms with Gasteiger partial charge in [-0.05, 0) is 38.5 Å². The lowest BCUT2D eigenvalue weighted by molar-refractivity contribution is -0.136. The van der Waals surface area contributed by atoms with Crippen molar-refractivity contribution >= 4 is 17.3 Å². The molecule has 0 radical (unpaired) electrons. The minimum absolute atomic E-state index is 0.0502. The van der Waals surface area contributed by atoms with Gasteiger partial charge in [0.05, 0.1) is 5.41 Å². The van der Waals surface area contributed by atoms with Gasteiger partial charge in [0.15, 0.2) is 0 Å². The second kappa shape index (κ2) is 4.01. The molecule has 0 aromatic carbocycles. The van der Waals surface area contributed by atoms with Gasteiger partial charge in [0, 0.05) is 18.3 Å². The molecule has 0 aromatic rings. The van der Waals surface area contributed by atoms with E-state index in [1.54, 1.807) is 6.92 Å². The van der Waals surface area contributed by atoms with E-state index in [9.17, 15) is 14.4 Å². The molecule has 2 aliphatic rings. The highest BCUT2D eigenvalue weighted by Crippen LogP contribution is 2.55. The van der Waals surface area contributed by atoms with E-state index in [1.165, 1.54) is 6.92 Å². The lowest BCUT2D eigenvalue weighted by Crippen LogP contribution is -2.33. The quantitative estimate of drug-likeness (QED) is 0.723. The van der Waals surface area contributed by atoms with Gasteiger partial charge in [-0.1, -0.05) is 13.8 Å². The van der Waals surface area contributed by atoms with Crippen LogP contribution in [-0.2, 0) is 14.4 Å². The Balaban J connectivity index is 2.21. The van der Waals surface area contributed by atoms with Crippen molar-refractivity contribution in [2.24, 2.45) is 22.7 Å². The summed E-state index contributed by atoms with van der Waals surface area (Å²) in [5, 5.41) is 0. The van der Waals surface area contributed by atoms with Crippen molar-refractivity contribution in [2.45, 2.75) is 53.4 Å². The molecule has 3 heteroatoms. The summed E-state index contributed by atoms with van der Waals surface area (Å²) in [5.41, 5.74) is -0.792. The zero-order chi connectivity index (χ0) is 13.7. The summed E-state index contributed by atoms with van der Waals surface area (Å²) in [6.07, 6.45) is 2.36. The molecule has 0 aromatic heterocycles. The number of ketones is 3. The van der Waals surface area contributed by atoms with Crippen molar-refractivity contribution in [1.82, 2.24) is 0 Å². The van der Waals surface area contributed by atoms with Crippen LogP contribution in [0.5, 0.6) is 0 Å². The second-order valence-corrected chi connectivity index (χ2v) is 7.05. The van der Waals surface area contributed by atoms with Gasteiger partial charge in [-0.25, -0.2) is 0 Å². The highest BCUT2D eigenvalue weighted by molar-refractivity contribution is 6.15. The highest BCUT2D eigenvalue weighted by atomic mass is 16.2. The van der Waals surface area contributed by atoms with Crippen molar-refractivity contribution in [3.63, 3.8) is 0 Å². The summed E-state index contributed by atoms with van der Waals surface area (Å²) in [5.74, 6) is 0.0387. The van der Waals surface area contributed by atoms with Crippen LogP contribution in [0.4, 0.5) is 0 Å². The smallest absolute Gasteiger partial charge is 0.149 e. The molecule has 3 atom stereocenters. The average Bonchev–Trinajstić information content (AvgIpc) is 2.66. The van der Waals surface area contributed by atoms with Crippen molar-refractivity contribution in [3.05, 3.63) is 0 Å². The molecule has 2 aliphatic carbocycles. The van der Waals surface area contributed by atoms with Gasteiger partial charge >= 0.3 is 0 Å². The molecular weight excluding hydrogens is 228 g/mol. The molecule has 2 saturated carbocycles. The minimum Gasteiger partial charge on any atom is -0.300 e. The first-order valence-corrected chi connectivity index (χ1v) is 6.75. The largest absolute Gasteiger partial charge is 0.300 e. The van der Waals surface area contributed by atoms with Gasteiger partial charge in [-0.15, -0.1) is 0 Å². The van der Waals surface area contributed by atoms with Gasteiger partial charge < -0.3 is 4.79 Å². The lowest BCUT2D eigenvalue weighted by Gasteiger charge is -2.25. The second-order valence-electron chi connectivity index (χ2n) is 7.05. The SMILES string of the molecule is CC(=O)CCC1(C)C(=O)[C@H]2CC(C)(C)C[C@H]2C1=O. The van der Waals surface area contributed by atoms with Crippen molar-refractivity contribution in [1.29, 1.82) is 0 Å². The fraction of sp³-hybridized carbons (Fsp3) is 0.800. The number of rotatable bonds is 3. The van der Waals surface area contributed by atoms with Crippen molar-refractivity contribution in [3.8, 4) is 0 Å². The summed E-state index contributed by atoms with van der Waals surface area (Å²) in [6, 6.07) is 0. The Labute approximate surface area is 108 Å². The molecule has 1 unspecified atom stereocenters. The normalized spacial score (nSPS) is 38.0. The first-order chi connectivity index (χ1) is 8.17. The monoisotopic (exact) mass is 250 g/mol. The fourth-order valence-corrected chi connectivity index (χ4v) is 3.72. The molecule has 0 saturated heterocycles. The molecule has 2 fully saturated rings. The molecule has 0 heterocycles. The molecule has 100 valence electrons. The van der Waals surface area contributed by atoms with Crippen LogP contribution in [0.25, 0.3) is 0 Å². The number of carbonyl (C=O) groups excluding carboxylic acids is 3. The van der Waals surface area contributed by atoms with Gasteiger partial charge in [-0.3, -0.25) is 9.59 Å². The van der Waals surface area contributed by atoms with Crippen LogP contribution in [0.2, 0.25) is 0 Å². The van der Waals surface area contributed by atoms with Crippen LogP contribution in [0, 0.1) is 22.7 Å². The third-order valence-corrected chi connectivity index (χ3v) is 4.77. The molecule has 3 nitrogen and oxygen atoms in total. The number of fused-ring (bicyclic) bond motifs is 1. The van der Waals surface area contributed by atoms with E-state index in [1.807, 2.05) is 0 Å². The number of hydrogen-bond donors (Lipinski definition) is 0. The summed E-state index contributed by atoms with van der Waals surface area (Å²) >= 11 is 0. The summed E-state index contributed by atoms with van der Waals surface area (Å²) in [4.78, 5) is 36.1. The molecule has 0 N–H and O–H groups in total. The van der Waals surface area contributed by atoms with Crippen LogP contribution in [-0.4, -0.2) is 17.3 Å². The summed E-state index contributed by atoms with van der Waals surface area (Å²) < 4.78 is 0. The fourth-order valence-electron chi connectivity index (χ4n) is 3.72. The summed E-state index contributed by atoms with van der Waals surface area (Å²) in [6.45, 7) is 7.50. The van der Waals surface area contributed by atoms with Crippen LogP contribution < -0.4 is 0 Å². The maximum atomic E-state index is 12.5. The van der Waals surface area contributed by atoms with Crippen LogP contribution in [0.1, 0.15) is 53.4 Å². The van der Waals surface area contributed by atoms with Gasteiger partial charge in [0.2, 0.25) is 0 Å². The highest BCUT2D eigenvalue weighted by Gasteiger charge is 2.61. The zero-order valence-electron chi connectivity index (χ0n) is 11.7. The van der Waals surface area contributed by atoms with E-state index in [-0.39, 0.29) is 34.6 Å². The molecular formula is C15H22O3.